The Hall–Kier alpha value is -2.48. The summed E-state index contributed by atoms with van der Waals surface area (Å²) in [7, 11) is 1.74. The number of aliphatic hydroxyl groups excluding tert-OH is 1. The molecule has 0 aromatic carbocycles. The number of aryl methyl sites for hydroxylation is 1. The van der Waals surface area contributed by atoms with Crippen molar-refractivity contribution in [2.24, 2.45) is 13.0 Å². The number of ether oxygens (including phenoxy) is 1. The van der Waals surface area contributed by atoms with Crippen LogP contribution in [0.5, 0.6) is 5.75 Å². The first-order valence-electron chi connectivity index (χ1n) is 9.47. The van der Waals surface area contributed by atoms with Gasteiger partial charge in [0.05, 0.1) is 35.7 Å². The van der Waals surface area contributed by atoms with Crippen LogP contribution in [-0.2, 0) is 18.4 Å². The predicted octanol–water partition coefficient (Wildman–Crippen LogP) is 2.27. The van der Waals surface area contributed by atoms with Gasteiger partial charge in [-0.05, 0) is 50.7 Å². The van der Waals surface area contributed by atoms with E-state index in [1.54, 1.807) is 11.7 Å². The van der Waals surface area contributed by atoms with Crippen molar-refractivity contribution in [1.82, 2.24) is 20.0 Å². The molecule has 0 saturated heterocycles. The molecule has 0 radical (unpaired) electrons. The van der Waals surface area contributed by atoms with E-state index >= 15 is 0 Å². The third-order valence-corrected chi connectivity index (χ3v) is 5.45. The maximum atomic E-state index is 11.3. The van der Waals surface area contributed by atoms with Crippen molar-refractivity contribution >= 4 is 5.97 Å². The van der Waals surface area contributed by atoms with Gasteiger partial charge in [0, 0.05) is 13.0 Å². The van der Waals surface area contributed by atoms with E-state index in [0.29, 0.717) is 29.4 Å². The van der Waals surface area contributed by atoms with Crippen molar-refractivity contribution < 1.29 is 19.7 Å². The van der Waals surface area contributed by atoms with Crippen molar-refractivity contribution in [2.75, 3.05) is 0 Å². The number of hydrogen-bond donors (Lipinski definition) is 2. The molecule has 2 aromatic rings. The zero-order valence-electron chi connectivity index (χ0n) is 15.3. The molecule has 2 aliphatic carbocycles. The van der Waals surface area contributed by atoms with Crippen LogP contribution in [-0.4, -0.2) is 42.3 Å². The average molecular weight is 372 g/mol. The van der Waals surface area contributed by atoms with Gasteiger partial charge in [-0.2, -0.15) is 0 Å². The summed E-state index contributed by atoms with van der Waals surface area (Å²) in [4.78, 5) is 16.1. The summed E-state index contributed by atoms with van der Waals surface area (Å²) in [6.45, 7) is -0.157. The van der Waals surface area contributed by atoms with E-state index in [0.717, 1.165) is 43.5 Å². The molecule has 0 bridgehead atoms. The molecule has 2 heterocycles. The van der Waals surface area contributed by atoms with E-state index in [1.807, 2.05) is 12.1 Å². The number of pyridine rings is 1. The Kier molecular flexibility index (Phi) is 4.82. The molecule has 2 fully saturated rings. The Labute approximate surface area is 157 Å². The van der Waals surface area contributed by atoms with Crippen LogP contribution in [0.1, 0.15) is 55.8 Å². The first kappa shape index (κ1) is 17.9. The van der Waals surface area contributed by atoms with Gasteiger partial charge in [0.15, 0.2) is 0 Å². The minimum atomic E-state index is -0.738. The summed E-state index contributed by atoms with van der Waals surface area (Å²) < 4.78 is 7.75. The first-order valence-corrected chi connectivity index (χ1v) is 9.47. The Morgan fingerprint density at radius 3 is 2.81 bits per heavy atom. The summed E-state index contributed by atoms with van der Waals surface area (Å²) in [6, 6.07) is 3.73. The maximum absolute atomic E-state index is 11.3. The quantitative estimate of drug-likeness (QED) is 0.800. The predicted molar refractivity (Wildman–Crippen MR) is 96.1 cm³/mol. The third-order valence-electron chi connectivity index (χ3n) is 5.45. The molecule has 2 atom stereocenters. The molecule has 2 aliphatic rings. The summed E-state index contributed by atoms with van der Waals surface area (Å²) in [6.07, 6.45) is 5.05. The molecule has 8 nitrogen and oxygen atoms in total. The van der Waals surface area contributed by atoms with Gasteiger partial charge in [-0.15, -0.1) is 5.10 Å². The zero-order valence-corrected chi connectivity index (χ0v) is 15.3. The fourth-order valence-electron chi connectivity index (χ4n) is 3.75. The second kappa shape index (κ2) is 7.26. The van der Waals surface area contributed by atoms with Crippen LogP contribution in [0.25, 0.3) is 11.4 Å². The summed E-state index contributed by atoms with van der Waals surface area (Å²) >= 11 is 0. The molecule has 0 aliphatic heterocycles. The highest BCUT2D eigenvalue weighted by Gasteiger charge is 2.32. The Balaban J connectivity index is 1.59. The lowest BCUT2D eigenvalue weighted by atomic mass is 9.87. The highest BCUT2D eigenvalue weighted by Crippen LogP contribution is 2.44. The lowest BCUT2D eigenvalue weighted by Gasteiger charge is -2.28. The monoisotopic (exact) mass is 372 g/mol. The molecule has 2 aromatic heterocycles. The van der Waals surface area contributed by atoms with Crippen LogP contribution in [0.4, 0.5) is 0 Å². The summed E-state index contributed by atoms with van der Waals surface area (Å²) in [5.41, 5.74) is 2.78. The molecular formula is C19H24N4O4. The lowest BCUT2D eigenvalue weighted by Crippen LogP contribution is -2.29. The molecule has 0 spiro atoms. The van der Waals surface area contributed by atoms with Crippen LogP contribution in [0.2, 0.25) is 0 Å². The van der Waals surface area contributed by atoms with Gasteiger partial charge in [-0.25, -0.2) is 9.67 Å². The van der Waals surface area contributed by atoms with E-state index in [1.165, 1.54) is 0 Å². The first-order chi connectivity index (χ1) is 13.1. The van der Waals surface area contributed by atoms with E-state index in [2.05, 4.69) is 10.3 Å². The molecule has 8 heteroatoms. The van der Waals surface area contributed by atoms with E-state index in [-0.39, 0.29) is 18.6 Å². The van der Waals surface area contributed by atoms with Crippen LogP contribution in [0.15, 0.2) is 12.1 Å². The minimum Gasteiger partial charge on any atom is -0.488 e. The number of carboxylic acid groups (broad SMARTS) is 1. The average Bonchev–Trinajstić information content (AvgIpc) is 3.44. The van der Waals surface area contributed by atoms with Crippen molar-refractivity contribution in [1.29, 1.82) is 0 Å². The lowest BCUT2D eigenvalue weighted by molar-refractivity contribution is -0.143. The van der Waals surface area contributed by atoms with Crippen molar-refractivity contribution in [3.8, 4) is 17.1 Å². The number of carbonyl (C=O) groups is 1. The molecule has 2 N–H and O–H groups in total. The third kappa shape index (κ3) is 3.66. The van der Waals surface area contributed by atoms with Gasteiger partial charge in [-0.1, -0.05) is 5.21 Å². The number of hydrogen-bond acceptors (Lipinski definition) is 6. The smallest absolute Gasteiger partial charge is 0.306 e. The highest BCUT2D eigenvalue weighted by molar-refractivity contribution is 5.70. The number of aromatic nitrogens is 4. The van der Waals surface area contributed by atoms with Crippen molar-refractivity contribution in [3.05, 3.63) is 23.5 Å². The van der Waals surface area contributed by atoms with Crippen LogP contribution in [0, 0.1) is 5.92 Å². The SMILES string of the molecule is Cn1nnc(-c2ccc(O[C@H]3CCC[C@H](C(=O)O)C3)c(C3CC3)n2)c1CO. The summed E-state index contributed by atoms with van der Waals surface area (Å²) in [5, 5.41) is 27.0. The van der Waals surface area contributed by atoms with Crippen LogP contribution < -0.4 is 4.74 Å². The number of rotatable bonds is 6. The fraction of sp³-hybridized carbons (Fsp3) is 0.579. The van der Waals surface area contributed by atoms with Gasteiger partial charge >= 0.3 is 5.97 Å². The molecule has 0 amide bonds. The van der Waals surface area contributed by atoms with E-state index in [9.17, 15) is 15.0 Å². The molecule has 2 saturated carbocycles. The number of nitrogens with zero attached hydrogens (tertiary/aromatic N) is 4. The summed E-state index contributed by atoms with van der Waals surface area (Å²) in [5.74, 6) is 0.0465. The molecule has 0 unspecified atom stereocenters. The van der Waals surface area contributed by atoms with Crippen LogP contribution in [0.3, 0.4) is 0 Å². The topological polar surface area (TPSA) is 110 Å². The number of aliphatic carboxylic acids is 1. The van der Waals surface area contributed by atoms with E-state index in [4.69, 9.17) is 9.72 Å². The number of aliphatic hydroxyl groups is 1. The second-order valence-electron chi connectivity index (χ2n) is 7.46. The van der Waals surface area contributed by atoms with Gasteiger partial charge in [0.25, 0.3) is 0 Å². The molecule has 27 heavy (non-hydrogen) atoms. The largest absolute Gasteiger partial charge is 0.488 e. The zero-order chi connectivity index (χ0) is 19.0. The van der Waals surface area contributed by atoms with Crippen molar-refractivity contribution in [2.45, 2.75) is 57.2 Å². The molecular weight excluding hydrogens is 348 g/mol. The van der Waals surface area contributed by atoms with Gasteiger partial charge in [0.2, 0.25) is 0 Å². The Bertz CT molecular complexity index is 846. The van der Waals surface area contributed by atoms with Gasteiger partial charge in [0.1, 0.15) is 11.4 Å². The molecule has 4 rings (SSSR count). The Morgan fingerprint density at radius 2 is 2.11 bits per heavy atom. The van der Waals surface area contributed by atoms with Crippen LogP contribution >= 0.6 is 0 Å². The minimum absolute atomic E-state index is 0.0884. The van der Waals surface area contributed by atoms with Gasteiger partial charge in [-0.3, -0.25) is 4.79 Å². The fourth-order valence-corrected chi connectivity index (χ4v) is 3.75. The molecule has 144 valence electrons. The highest BCUT2D eigenvalue weighted by atomic mass is 16.5. The van der Waals surface area contributed by atoms with E-state index < -0.39 is 5.97 Å². The normalized spacial score (nSPS) is 22.6. The maximum Gasteiger partial charge on any atom is 0.306 e. The second-order valence-corrected chi connectivity index (χ2v) is 7.46. The van der Waals surface area contributed by atoms with Crippen molar-refractivity contribution in [3.63, 3.8) is 0 Å². The Morgan fingerprint density at radius 1 is 1.30 bits per heavy atom. The number of carboxylic acids is 1. The standard InChI is InChI=1S/C19H24N4O4/c1-23-15(10-24)18(21-22-23)14-7-8-16(17(20-14)11-5-6-11)27-13-4-2-3-12(9-13)19(25)26/h7-8,11-13,24H,2-6,9-10H2,1H3,(H,25,26)/t12-,13-/m0/s1. The van der Waals surface area contributed by atoms with Gasteiger partial charge < -0.3 is 14.9 Å².